The molecule has 6 nitrogen and oxygen atoms in total. The summed E-state index contributed by atoms with van der Waals surface area (Å²) in [5.41, 5.74) is 10.2. The Hall–Kier alpha value is -8.87. The van der Waals surface area contributed by atoms with Crippen LogP contribution in [-0.2, 0) is 0 Å². The molecular weight excluding hydrogens is 795 g/mol. The number of rotatable bonds is 5. The maximum absolute atomic E-state index is 9.29. The second kappa shape index (κ2) is 14.6. The van der Waals surface area contributed by atoms with Crippen molar-refractivity contribution < 1.29 is 4.42 Å². The average molecular weight is 832 g/mol. The van der Waals surface area contributed by atoms with Gasteiger partial charge in [-0.05, 0) is 94.3 Å². The predicted octanol–water partition coefficient (Wildman–Crippen LogP) is 15.0. The zero-order valence-corrected chi connectivity index (χ0v) is 35.0. The number of aliphatic imine (C=N–C) groups is 2. The Bertz CT molecular complexity index is 4130. The molecule has 3 heterocycles. The summed E-state index contributed by atoms with van der Waals surface area (Å²) in [6, 6.07) is 73.8. The molecule has 0 saturated heterocycles. The van der Waals surface area contributed by atoms with Gasteiger partial charge in [-0.25, -0.2) is 9.98 Å². The van der Waals surface area contributed by atoms with Crippen molar-refractivity contribution in [2.45, 2.75) is 0 Å². The third kappa shape index (κ3) is 5.85. The third-order valence-corrected chi connectivity index (χ3v) is 12.9. The van der Waals surface area contributed by atoms with Gasteiger partial charge in [0.25, 0.3) is 0 Å². The summed E-state index contributed by atoms with van der Waals surface area (Å²) in [5, 5.41) is 20.6. The maximum Gasteiger partial charge on any atom is 0.161 e. The molecule has 304 valence electrons. The zero-order chi connectivity index (χ0) is 43.0. The van der Waals surface area contributed by atoms with Crippen LogP contribution in [-0.4, -0.2) is 27.0 Å². The van der Waals surface area contributed by atoms with Gasteiger partial charge in [-0.15, -0.1) is 0 Å². The lowest BCUT2D eigenvalue weighted by molar-refractivity contribution is 0.668. The number of nitrogens with zero attached hydrogens (tertiary/aromatic N) is 4. The largest absolute Gasteiger partial charge is 0.455 e. The quantitative estimate of drug-likeness (QED) is 0.136. The van der Waals surface area contributed by atoms with Gasteiger partial charge < -0.3 is 13.6 Å². The minimum absolute atomic E-state index is 0.118. The van der Waals surface area contributed by atoms with Crippen LogP contribution >= 0.6 is 0 Å². The molecule has 13 aromatic rings. The van der Waals surface area contributed by atoms with Crippen molar-refractivity contribution in [1.82, 2.24) is 9.13 Å². The highest BCUT2D eigenvalue weighted by atomic mass is 16.3. The van der Waals surface area contributed by atoms with E-state index in [4.69, 9.17) is 14.4 Å². The predicted molar refractivity (Wildman–Crippen MR) is 271 cm³/mol. The Labute approximate surface area is 372 Å². The molecule has 0 unspecified atom stereocenters. The second-order valence-corrected chi connectivity index (χ2v) is 16.5. The van der Waals surface area contributed by atoms with E-state index < -0.39 is 0 Å². The van der Waals surface area contributed by atoms with Gasteiger partial charge in [0.1, 0.15) is 11.2 Å². The van der Waals surface area contributed by atoms with Crippen LogP contribution in [0.2, 0.25) is 0 Å². The van der Waals surface area contributed by atoms with Crippen molar-refractivity contribution in [2.24, 2.45) is 9.98 Å². The summed E-state index contributed by atoms with van der Waals surface area (Å²) < 4.78 is 11.5. The molecule has 0 atom stereocenters. The van der Waals surface area contributed by atoms with Crippen LogP contribution in [0.25, 0.3) is 98.5 Å². The topological polar surface area (TPSA) is 71.6 Å². The molecule has 13 rings (SSSR count). The first-order valence-corrected chi connectivity index (χ1v) is 21.8. The number of aromatic nitrogens is 2. The molecule has 65 heavy (non-hydrogen) atoms. The fourth-order valence-electron chi connectivity index (χ4n) is 9.88. The van der Waals surface area contributed by atoms with Crippen LogP contribution in [0, 0.1) is 5.41 Å². The lowest BCUT2D eigenvalue weighted by Crippen LogP contribution is -2.06. The second-order valence-electron chi connectivity index (χ2n) is 16.5. The molecular formula is C59H37N5O. The summed E-state index contributed by atoms with van der Waals surface area (Å²) in [5.74, 6) is 0.531. The summed E-state index contributed by atoms with van der Waals surface area (Å²) >= 11 is 0. The SMILES string of the molecule is N=C(N=C(N=Cc1c(-n2c3cc4ccccc4cc3c3c4ccccc4ccc32)ccc2c1oc1ccccc12)c1ccc2c(c1)c1ccccc1n2-c1ccccc1)c1ccccc1. The molecule has 0 aliphatic carbocycles. The molecule has 0 aliphatic rings. The van der Waals surface area contributed by atoms with Crippen LogP contribution in [0.4, 0.5) is 0 Å². The number of benzene rings is 10. The van der Waals surface area contributed by atoms with Crippen molar-refractivity contribution >= 4 is 105 Å². The van der Waals surface area contributed by atoms with Gasteiger partial charge in [-0.2, -0.15) is 0 Å². The van der Waals surface area contributed by atoms with E-state index in [0.717, 1.165) is 82.7 Å². The van der Waals surface area contributed by atoms with Crippen LogP contribution < -0.4 is 0 Å². The molecule has 0 radical (unpaired) electrons. The van der Waals surface area contributed by atoms with E-state index >= 15 is 0 Å². The third-order valence-electron chi connectivity index (χ3n) is 12.9. The van der Waals surface area contributed by atoms with Crippen molar-refractivity contribution in [2.75, 3.05) is 0 Å². The normalized spacial score (nSPS) is 12.4. The lowest BCUT2D eigenvalue weighted by atomic mass is 10.0. The van der Waals surface area contributed by atoms with Gasteiger partial charge in [-0.3, -0.25) is 5.41 Å². The van der Waals surface area contributed by atoms with E-state index in [1.807, 2.05) is 60.8 Å². The molecule has 6 heteroatoms. The monoisotopic (exact) mass is 831 g/mol. The van der Waals surface area contributed by atoms with E-state index in [9.17, 15) is 5.41 Å². The molecule has 10 aromatic carbocycles. The summed E-state index contributed by atoms with van der Waals surface area (Å²) in [4.78, 5) is 10.4. The van der Waals surface area contributed by atoms with Gasteiger partial charge in [0, 0.05) is 55.3 Å². The number of nitrogens with one attached hydrogen (secondary N) is 1. The van der Waals surface area contributed by atoms with Crippen LogP contribution in [0.5, 0.6) is 0 Å². The van der Waals surface area contributed by atoms with Crippen molar-refractivity contribution in [3.63, 3.8) is 0 Å². The highest BCUT2D eigenvalue weighted by molar-refractivity contribution is 6.25. The van der Waals surface area contributed by atoms with E-state index in [0.29, 0.717) is 11.4 Å². The van der Waals surface area contributed by atoms with Gasteiger partial charge in [0.05, 0.1) is 33.3 Å². The Morgan fingerprint density at radius 3 is 1.94 bits per heavy atom. The van der Waals surface area contributed by atoms with Crippen molar-refractivity contribution in [3.8, 4) is 11.4 Å². The fourth-order valence-corrected chi connectivity index (χ4v) is 9.88. The Morgan fingerprint density at radius 2 is 1.11 bits per heavy atom. The molecule has 0 spiro atoms. The van der Waals surface area contributed by atoms with Gasteiger partial charge in [0.15, 0.2) is 11.7 Å². The minimum atomic E-state index is 0.118. The zero-order valence-electron chi connectivity index (χ0n) is 35.0. The number of hydrogen-bond acceptors (Lipinski definition) is 2. The number of hydrogen-bond donors (Lipinski definition) is 1. The van der Waals surface area contributed by atoms with Crippen molar-refractivity contribution in [3.05, 3.63) is 229 Å². The first kappa shape index (κ1) is 36.8. The molecule has 0 bridgehead atoms. The highest BCUT2D eigenvalue weighted by Crippen LogP contribution is 2.42. The average Bonchev–Trinajstić information content (AvgIpc) is 4.02. The van der Waals surface area contributed by atoms with E-state index in [1.165, 1.54) is 26.9 Å². The summed E-state index contributed by atoms with van der Waals surface area (Å²) in [7, 11) is 0. The number of fused-ring (bicyclic) bond motifs is 12. The fraction of sp³-hybridized carbons (Fsp3) is 0. The van der Waals surface area contributed by atoms with E-state index in [2.05, 4.69) is 167 Å². The Kier molecular flexibility index (Phi) is 8.26. The Morgan fingerprint density at radius 1 is 0.446 bits per heavy atom. The number of amidine groups is 2. The number of furan rings is 1. The maximum atomic E-state index is 9.29. The van der Waals surface area contributed by atoms with Gasteiger partial charge in [-0.1, -0.05) is 140 Å². The Balaban J connectivity index is 1.08. The molecule has 3 aromatic heterocycles. The standard InChI is InChI=1S/C59H37N5O/c60-58(38-16-3-1-4-17-38)62-59(41-28-30-51-47(34-41)44-23-11-13-25-50(44)63(51)42-20-5-2-6-21-42)61-36-49-52(32-29-46-45-24-12-14-26-55(45)65-57(46)49)64-53-31-27-37-15-9-10-22-43(37)56(53)48-33-39-18-7-8-19-40(39)35-54(48)64/h1-36,60H. The number of para-hydroxylation sites is 3. The van der Waals surface area contributed by atoms with Crippen LogP contribution in [0.1, 0.15) is 16.7 Å². The molecule has 0 saturated carbocycles. The molecule has 1 N–H and O–H groups in total. The van der Waals surface area contributed by atoms with E-state index in [-0.39, 0.29) is 5.84 Å². The highest BCUT2D eigenvalue weighted by Gasteiger charge is 2.22. The first-order chi connectivity index (χ1) is 32.2. The van der Waals surface area contributed by atoms with Crippen LogP contribution in [0.3, 0.4) is 0 Å². The minimum Gasteiger partial charge on any atom is -0.455 e. The summed E-state index contributed by atoms with van der Waals surface area (Å²) in [6.45, 7) is 0. The van der Waals surface area contributed by atoms with E-state index in [1.54, 1.807) is 0 Å². The summed E-state index contributed by atoms with van der Waals surface area (Å²) in [6.07, 6.45) is 1.90. The molecule has 0 amide bonds. The molecule has 0 aliphatic heterocycles. The van der Waals surface area contributed by atoms with Crippen molar-refractivity contribution in [1.29, 1.82) is 5.41 Å². The van der Waals surface area contributed by atoms with Gasteiger partial charge in [0.2, 0.25) is 0 Å². The molecule has 0 fully saturated rings. The first-order valence-electron chi connectivity index (χ1n) is 21.8. The smallest absolute Gasteiger partial charge is 0.161 e. The lowest BCUT2D eigenvalue weighted by Gasteiger charge is -2.13. The van der Waals surface area contributed by atoms with Crippen LogP contribution in [0.15, 0.2) is 227 Å². The van der Waals surface area contributed by atoms with Gasteiger partial charge >= 0.3 is 0 Å².